The first-order valence-electron chi connectivity index (χ1n) is 3.26. The monoisotopic (exact) mass is 128 g/mol. The first kappa shape index (κ1) is 6.55. The van der Waals surface area contributed by atoms with Crippen LogP contribution in [0.2, 0.25) is 0 Å². The van der Waals surface area contributed by atoms with Crippen LogP contribution in [0.15, 0.2) is 0 Å². The zero-order valence-electron chi connectivity index (χ0n) is 5.63. The molecular weight excluding hydrogens is 116 g/mol. The minimum atomic E-state index is -0.315. The Morgan fingerprint density at radius 3 is 2.33 bits per heavy atom. The Kier molecular flexibility index (Phi) is 1.71. The number of likely N-dealkylation sites (tertiary alicyclic amines) is 1. The molecule has 0 bridgehead atoms. The minimum absolute atomic E-state index is 0.0845. The number of nitrogens with zero attached hydrogens (tertiary/aromatic N) is 1. The van der Waals surface area contributed by atoms with Crippen LogP contribution >= 0.6 is 0 Å². The highest BCUT2D eigenvalue weighted by Gasteiger charge is 2.22. The fourth-order valence-electron chi connectivity index (χ4n) is 0.825. The molecular formula is C6H12N2O. The van der Waals surface area contributed by atoms with Gasteiger partial charge in [0.1, 0.15) is 0 Å². The number of rotatable bonds is 1. The van der Waals surface area contributed by atoms with Crippen molar-refractivity contribution in [1.29, 1.82) is 0 Å². The quantitative estimate of drug-likeness (QED) is 0.520. The predicted octanol–water partition coefficient (Wildman–Crippen LogP) is -0.434. The number of amides is 1. The van der Waals surface area contributed by atoms with Crippen molar-refractivity contribution >= 4 is 5.91 Å². The second-order valence-corrected chi connectivity index (χ2v) is 2.47. The summed E-state index contributed by atoms with van der Waals surface area (Å²) >= 11 is 0. The van der Waals surface area contributed by atoms with Gasteiger partial charge in [-0.2, -0.15) is 0 Å². The average molecular weight is 128 g/mol. The Bertz CT molecular complexity index is 118. The lowest BCUT2D eigenvalue weighted by Crippen LogP contribution is -2.48. The van der Waals surface area contributed by atoms with Crippen LogP contribution in [0.4, 0.5) is 0 Å². The second-order valence-electron chi connectivity index (χ2n) is 2.47. The smallest absolute Gasteiger partial charge is 0.239 e. The molecule has 1 fully saturated rings. The molecule has 0 aliphatic carbocycles. The van der Waals surface area contributed by atoms with E-state index in [0.29, 0.717) is 0 Å². The normalized spacial score (nSPS) is 20.9. The summed E-state index contributed by atoms with van der Waals surface area (Å²) in [5.41, 5.74) is 5.36. The van der Waals surface area contributed by atoms with Gasteiger partial charge < -0.3 is 10.6 Å². The summed E-state index contributed by atoms with van der Waals surface area (Å²) < 4.78 is 0. The van der Waals surface area contributed by atoms with Gasteiger partial charge in [0.2, 0.25) is 5.91 Å². The summed E-state index contributed by atoms with van der Waals surface area (Å²) in [5.74, 6) is 0.0845. The van der Waals surface area contributed by atoms with Gasteiger partial charge in [-0.25, -0.2) is 0 Å². The third-order valence-corrected chi connectivity index (χ3v) is 1.56. The Balaban J connectivity index is 2.32. The van der Waals surface area contributed by atoms with Crippen LogP contribution in [0, 0.1) is 0 Å². The number of hydrogen-bond donors (Lipinski definition) is 1. The highest BCUT2D eigenvalue weighted by Crippen LogP contribution is 2.06. The highest BCUT2D eigenvalue weighted by atomic mass is 16.2. The second kappa shape index (κ2) is 2.35. The van der Waals surface area contributed by atoms with Gasteiger partial charge in [-0.05, 0) is 13.3 Å². The van der Waals surface area contributed by atoms with Crippen LogP contribution in [-0.2, 0) is 4.79 Å². The summed E-state index contributed by atoms with van der Waals surface area (Å²) in [5, 5.41) is 0. The fourth-order valence-corrected chi connectivity index (χ4v) is 0.825. The third kappa shape index (κ3) is 1.21. The maximum Gasteiger partial charge on any atom is 0.239 e. The summed E-state index contributed by atoms with van der Waals surface area (Å²) in [4.78, 5) is 12.7. The van der Waals surface area contributed by atoms with E-state index in [9.17, 15) is 4.79 Å². The third-order valence-electron chi connectivity index (χ3n) is 1.56. The molecule has 0 spiro atoms. The Hall–Kier alpha value is -0.570. The van der Waals surface area contributed by atoms with Gasteiger partial charge in [-0.15, -0.1) is 0 Å². The van der Waals surface area contributed by atoms with Gasteiger partial charge in [0, 0.05) is 13.1 Å². The molecule has 1 aliphatic rings. The van der Waals surface area contributed by atoms with E-state index in [4.69, 9.17) is 5.73 Å². The summed E-state index contributed by atoms with van der Waals surface area (Å²) in [6.07, 6.45) is 1.14. The molecule has 52 valence electrons. The lowest BCUT2D eigenvalue weighted by atomic mass is 10.2. The number of carbonyl (C=O) groups is 1. The van der Waals surface area contributed by atoms with Crippen molar-refractivity contribution in [3.05, 3.63) is 0 Å². The molecule has 1 heterocycles. The van der Waals surface area contributed by atoms with Crippen molar-refractivity contribution in [2.24, 2.45) is 5.73 Å². The van der Waals surface area contributed by atoms with E-state index in [-0.39, 0.29) is 11.9 Å². The Morgan fingerprint density at radius 1 is 1.67 bits per heavy atom. The molecule has 0 radical (unpaired) electrons. The van der Waals surface area contributed by atoms with Crippen LogP contribution in [-0.4, -0.2) is 29.9 Å². The van der Waals surface area contributed by atoms with Gasteiger partial charge in [0.25, 0.3) is 0 Å². The van der Waals surface area contributed by atoms with E-state index in [1.165, 1.54) is 0 Å². The van der Waals surface area contributed by atoms with Crippen LogP contribution in [0.3, 0.4) is 0 Å². The molecule has 1 amide bonds. The maximum absolute atomic E-state index is 10.9. The van der Waals surface area contributed by atoms with Crippen molar-refractivity contribution in [3.63, 3.8) is 0 Å². The van der Waals surface area contributed by atoms with E-state index < -0.39 is 0 Å². The lowest BCUT2D eigenvalue weighted by Gasteiger charge is -2.32. The molecule has 1 saturated heterocycles. The SMILES string of the molecule is C[C@H](N)C(=O)N1CCC1. The lowest BCUT2D eigenvalue weighted by molar-refractivity contribution is -0.135. The van der Waals surface area contributed by atoms with Crippen molar-refractivity contribution in [2.75, 3.05) is 13.1 Å². The first-order valence-corrected chi connectivity index (χ1v) is 3.26. The van der Waals surface area contributed by atoms with E-state index in [0.717, 1.165) is 19.5 Å². The topological polar surface area (TPSA) is 46.3 Å². The molecule has 0 aromatic heterocycles. The molecule has 1 atom stereocenters. The van der Waals surface area contributed by atoms with Crippen LogP contribution in [0.5, 0.6) is 0 Å². The Morgan fingerprint density at radius 2 is 2.22 bits per heavy atom. The molecule has 0 aromatic rings. The summed E-state index contributed by atoms with van der Waals surface area (Å²) in [6, 6.07) is -0.315. The molecule has 0 unspecified atom stereocenters. The molecule has 9 heavy (non-hydrogen) atoms. The Labute approximate surface area is 54.8 Å². The van der Waals surface area contributed by atoms with Gasteiger partial charge in [0.15, 0.2) is 0 Å². The van der Waals surface area contributed by atoms with Crippen LogP contribution < -0.4 is 5.73 Å². The first-order chi connectivity index (χ1) is 4.22. The number of hydrogen-bond acceptors (Lipinski definition) is 2. The van der Waals surface area contributed by atoms with Crippen LogP contribution in [0.1, 0.15) is 13.3 Å². The number of nitrogens with two attached hydrogens (primary N) is 1. The van der Waals surface area contributed by atoms with Gasteiger partial charge in [-0.3, -0.25) is 4.79 Å². The van der Waals surface area contributed by atoms with Crippen molar-refractivity contribution in [3.8, 4) is 0 Å². The van der Waals surface area contributed by atoms with Gasteiger partial charge >= 0.3 is 0 Å². The van der Waals surface area contributed by atoms with E-state index in [1.54, 1.807) is 11.8 Å². The largest absolute Gasteiger partial charge is 0.341 e. The van der Waals surface area contributed by atoms with Gasteiger partial charge in [-0.1, -0.05) is 0 Å². The molecule has 3 nitrogen and oxygen atoms in total. The molecule has 1 rings (SSSR count). The standard InChI is InChI=1S/C6H12N2O/c1-5(7)6(9)8-3-2-4-8/h5H,2-4,7H2,1H3/t5-/m0/s1. The molecule has 3 heteroatoms. The minimum Gasteiger partial charge on any atom is -0.341 e. The predicted molar refractivity (Wildman–Crippen MR) is 34.8 cm³/mol. The highest BCUT2D eigenvalue weighted by molar-refractivity contribution is 5.81. The summed E-state index contributed by atoms with van der Waals surface area (Å²) in [6.45, 7) is 3.53. The molecule has 1 aliphatic heterocycles. The number of carbonyl (C=O) groups excluding carboxylic acids is 1. The zero-order valence-corrected chi connectivity index (χ0v) is 5.63. The van der Waals surface area contributed by atoms with Crippen molar-refractivity contribution in [2.45, 2.75) is 19.4 Å². The van der Waals surface area contributed by atoms with Gasteiger partial charge in [0.05, 0.1) is 6.04 Å². The summed E-state index contributed by atoms with van der Waals surface area (Å²) in [7, 11) is 0. The molecule has 0 aromatic carbocycles. The van der Waals surface area contributed by atoms with E-state index >= 15 is 0 Å². The van der Waals surface area contributed by atoms with E-state index in [2.05, 4.69) is 0 Å². The molecule has 2 N–H and O–H groups in total. The van der Waals surface area contributed by atoms with Crippen LogP contribution in [0.25, 0.3) is 0 Å². The van der Waals surface area contributed by atoms with E-state index in [1.807, 2.05) is 0 Å². The molecule has 0 saturated carbocycles. The zero-order chi connectivity index (χ0) is 6.85. The van der Waals surface area contributed by atoms with Crippen molar-refractivity contribution < 1.29 is 4.79 Å². The average Bonchev–Trinajstić information content (AvgIpc) is 1.60. The fraction of sp³-hybridized carbons (Fsp3) is 0.833. The maximum atomic E-state index is 10.9. The van der Waals surface area contributed by atoms with Crippen molar-refractivity contribution in [1.82, 2.24) is 4.90 Å².